The molecule has 1 amide bonds. The zero-order valence-corrected chi connectivity index (χ0v) is 13.1. The summed E-state index contributed by atoms with van der Waals surface area (Å²) in [5, 5.41) is 6.69. The van der Waals surface area contributed by atoms with Crippen LogP contribution in [0.25, 0.3) is 0 Å². The van der Waals surface area contributed by atoms with Crippen molar-refractivity contribution in [3.63, 3.8) is 0 Å². The topological polar surface area (TPSA) is 73.0 Å². The van der Waals surface area contributed by atoms with Gasteiger partial charge in [-0.3, -0.25) is 4.79 Å². The Kier molecular flexibility index (Phi) is 4.23. The largest absolute Gasteiger partial charge is 0.351 e. The second kappa shape index (κ2) is 6.48. The summed E-state index contributed by atoms with van der Waals surface area (Å²) in [6.07, 6.45) is 5.43. The van der Waals surface area contributed by atoms with Gasteiger partial charge < -0.3 is 14.4 Å². The van der Waals surface area contributed by atoms with Crippen molar-refractivity contribution in [3.8, 4) is 0 Å². The Labute approximate surface area is 134 Å². The second-order valence-corrected chi connectivity index (χ2v) is 5.66. The minimum atomic E-state index is -0.299. The normalized spacial score (nSPS) is 10.9. The number of anilines is 1. The minimum absolute atomic E-state index is 0.219. The van der Waals surface area contributed by atoms with Crippen LogP contribution in [0.1, 0.15) is 41.6 Å². The first-order chi connectivity index (χ1) is 11.1. The fraction of sp³-hybridized carbons (Fsp3) is 0.235. The first kappa shape index (κ1) is 15.0. The van der Waals surface area contributed by atoms with Crippen LogP contribution in [-0.4, -0.2) is 20.6 Å². The van der Waals surface area contributed by atoms with E-state index in [9.17, 15) is 4.79 Å². The summed E-state index contributed by atoms with van der Waals surface area (Å²) in [5.74, 6) is 0.144. The van der Waals surface area contributed by atoms with E-state index in [4.69, 9.17) is 4.52 Å². The first-order valence-corrected chi connectivity index (χ1v) is 7.44. The molecule has 0 fully saturated rings. The van der Waals surface area contributed by atoms with Crippen molar-refractivity contribution < 1.29 is 9.32 Å². The summed E-state index contributed by atoms with van der Waals surface area (Å²) < 4.78 is 7.06. The number of hydrogen-bond donors (Lipinski definition) is 1. The SMILES string of the molecule is CC(C)c1cc(C(=O)Nc2ccc(Cn3ccnc3)cc2)on1. The van der Waals surface area contributed by atoms with Crippen molar-refractivity contribution in [2.75, 3.05) is 5.32 Å². The molecule has 0 radical (unpaired) electrons. The van der Waals surface area contributed by atoms with Crippen LogP contribution in [0, 0.1) is 0 Å². The standard InChI is InChI=1S/C17H18N4O2/c1-12(2)15-9-16(23-20-15)17(22)19-14-5-3-13(4-6-14)10-21-8-7-18-11-21/h3-9,11-12H,10H2,1-2H3,(H,19,22). The molecule has 1 aromatic carbocycles. The molecule has 0 atom stereocenters. The third-order valence-electron chi connectivity index (χ3n) is 3.48. The van der Waals surface area contributed by atoms with Gasteiger partial charge >= 0.3 is 0 Å². The number of aromatic nitrogens is 3. The van der Waals surface area contributed by atoms with Crippen LogP contribution < -0.4 is 5.32 Å². The Bertz CT molecular complexity index is 773. The van der Waals surface area contributed by atoms with Gasteiger partial charge in [0.2, 0.25) is 5.76 Å². The number of nitrogens with one attached hydrogen (secondary N) is 1. The molecule has 0 bridgehead atoms. The number of imidazole rings is 1. The van der Waals surface area contributed by atoms with E-state index in [-0.39, 0.29) is 17.6 Å². The molecule has 6 heteroatoms. The van der Waals surface area contributed by atoms with Gasteiger partial charge in [-0.1, -0.05) is 31.1 Å². The quantitative estimate of drug-likeness (QED) is 0.785. The van der Waals surface area contributed by atoms with Gasteiger partial charge in [0.25, 0.3) is 5.91 Å². The number of amides is 1. The highest BCUT2D eigenvalue weighted by Gasteiger charge is 2.14. The lowest BCUT2D eigenvalue weighted by atomic mass is 10.1. The maximum absolute atomic E-state index is 12.1. The maximum atomic E-state index is 12.1. The van der Waals surface area contributed by atoms with Gasteiger partial charge in [0.15, 0.2) is 0 Å². The fourth-order valence-corrected chi connectivity index (χ4v) is 2.15. The monoisotopic (exact) mass is 310 g/mol. The highest BCUT2D eigenvalue weighted by molar-refractivity contribution is 6.02. The number of benzene rings is 1. The summed E-state index contributed by atoms with van der Waals surface area (Å²) in [7, 11) is 0. The zero-order valence-electron chi connectivity index (χ0n) is 13.1. The number of hydrogen-bond acceptors (Lipinski definition) is 4. The molecule has 0 saturated heterocycles. The molecule has 118 valence electrons. The molecule has 2 aromatic heterocycles. The molecule has 0 unspecified atom stereocenters. The van der Waals surface area contributed by atoms with Gasteiger partial charge in [-0.15, -0.1) is 0 Å². The van der Waals surface area contributed by atoms with E-state index in [1.807, 2.05) is 48.9 Å². The van der Waals surface area contributed by atoms with Crippen LogP contribution in [0.5, 0.6) is 0 Å². The van der Waals surface area contributed by atoms with E-state index in [2.05, 4.69) is 15.5 Å². The van der Waals surface area contributed by atoms with Crippen molar-refractivity contribution in [2.24, 2.45) is 0 Å². The molecule has 3 rings (SSSR count). The van der Waals surface area contributed by atoms with Gasteiger partial charge in [-0.25, -0.2) is 4.98 Å². The fourth-order valence-electron chi connectivity index (χ4n) is 2.15. The van der Waals surface area contributed by atoms with E-state index in [0.29, 0.717) is 5.69 Å². The van der Waals surface area contributed by atoms with Crippen molar-refractivity contribution in [1.82, 2.24) is 14.7 Å². The Morgan fingerprint density at radius 3 is 2.70 bits per heavy atom. The average molecular weight is 310 g/mol. The Hall–Kier alpha value is -2.89. The number of carbonyl (C=O) groups is 1. The average Bonchev–Trinajstić information content (AvgIpc) is 3.20. The zero-order chi connectivity index (χ0) is 16.2. The van der Waals surface area contributed by atoms with Gasteiger partial charge in [-0.2, -0.15) is 0 Å². The lowest BCUT2D eigenvalue weighted by Gasteiger charge is -2.05. The summed E-state index contributed by atoms with van der Waals surface area (Å²) in [6.45, 7) is 4.74. The maximum Gasteiger partial charge on any atom is 0.294 e. The third-order valence-corrected chi connectivity index (χ3v) is 3.48. The molecule has 0 aliphatic heterocycles. The lowest BCUT2D eigenvalue weighted by molar-refractivity contribution is 0.0988. The van der Waals surface area contributed by atoms with Gasteiger partial charge in [0.1, 0.15) is 0 Å². The van der Waals surface area contributed by atoms with Gasteiger partial charge in [-0.05, 0) is 23.6 Å². The highest BCUT2D eigenvalue weighted by atomic mass is 16.5. The van der Waals surface area contributed by atoms with Crippen molar-refractivity contribution >= 4 is 11.6 Å². The molecule has 1 N–H and O–H groups in total. The van der Waals surface area contributed by atoms with Gasteiger partial charge in [0, 0.05) is 30.7 Å². The predicted molar refractivity (Wildman–Crippen MR) is 86.3 cm³/mol. The van der Waals surface area contributed by atoms with Crippen molar-refractivity contribution in [1.29, 1.82) is 0 Å². The van der Waals surface area contributed by atoms with Crippen LogP contribution >= 0.6 is 0 Å². The van der Waals surface area contributed by atoms with E-state index in [1.54, 1.807) is 18.6 Å². The number of nitrogens with zero attached hydrogens (tertiary/aromatic N) is 3. The van der Waals surface area contributed by atoms with Gasteiger partial charge in [0.05, 0.1) is 12.0 Å². The summed E-state index contributed by atoms with van der Waals surface area (Å²) in [6, 6.07) is 9.34. The molecule has 2 heterocycles. The molecule has 0 aliphatic carbocycles. The summed E-state index contributed by atoms with van der Waals surface area (Å²) >= 11 is 0. The minimum Gasteiger partial charge on any atom is -0.351 e. The highest BCUT2D eigenvalue weighted by Crippen LogP contribution is 2.16. The van der Waals surface area contributed by atoms with Crippen LogP contribution in [0.2, 0.25) is 0 Å². The molecule has 3 aromatic rings. The molecule has 0 aliphatic rings. The van der Waals surface area contributed by atoms with Crippen LogP contribution in [-0.2, 0) is 6.54 Å². The van der Waals surface area contributed by atoms with Crippen LogP contribution in [0.3, 0.4) is 0 Å². The molecular formula is C17H18N4O2. The van der Waals surface area contributed by atoms with Crippen LogP contribution in [0.15, 0.2) is 53.6 Å². The lowest BCUT2D eigenvalue weighted by Crippen LogP contribution is -2.11. The smallest absolute Gasteiger partial charge is 0.294 e. The Morgan fingerprint density at radius 2 is 2.09 bits per heavy atom. The molecule has 0 saturated carbocycles. The summed E-state index contributed by atoms with van der Waals surface area (Å²) in [5.41, 5.74) is 2.61. The number of rotatable bonds is 5. The third kappa shape index (κ3) is 3.66. The second-order valence-electron chi connectivity index (χ2n) is 5.66. The van der Waals surface area contributed by atoms with E-state index < -0.39 is 0 Å². The van der Waals surface area contributed by atoms with E-state index in [1.165, 1.54) is 0 Å². The predicted octanol–water partition coefficient (Wildman–Crippen LogP) is 3.30. The Morgan fingerprint density at radius 1 is 1.30 bits per heavy atom. The Balaban J connectivity index is 1.64. The van der Waals surface area contributed by atoms with E-state index >= 15 is 0 Å². The van der Waals surface area contributed by atoms with Crippen molar-refractivity contribution in [2.45, 2.75) is 26.3 Å². The molecule has 0 spiro atoms. The van der Waals surface area contributed by atoms with E-state index in [0.717, 1.165) is 17.8 Å². The first-order valence-electron chi connectivity index (χ1n) is 7.44. The number of carbonyl (C=O) groups excluding carboxylic acids is 1. The molecule has 23 heavy (non-hydrogen) atoms. The molecule has 6 nitrogen and oxygen atoms in total. The van der Waals surface area contributed by atoms with Crippen LogP contribution in [0.4, 0.5) is 5.69 Å². The van der Waals surface area contributed by atoms with Crippen molar-refractivity contribution in [3.05, 3.63) is 66.1 Å². The summed E-state index contributed by atoms with van der Waals surface area (Å²) in [4.78, 5) is 16.1. The molecular weight excluding hydrogens is 292 g/mol.